The predicted molar refractivity (Wildman–Crippen MR) is 375 cm³/mol. The molecule has 2 N–H and O–H groups in total. The lowest BCUT2D eigenvalue weighted by Gasteiger charge is -2.40. The van der Waals surface area contributed by atoms with Gasteiger partial charge in [-0.3, -0.25) is 24.0 Å². The molecule has 0 saturated carbocycles. The number of allylic oxidation sites excluding steroid dienone is 1. The minimum absolute atomic E-state index is 0.000809. The maximum Gasteiger partial charge on any atom is 0.355 e. The molecule has 6 aromatic rings. The molecule has 3 heterocycles. The number of rotatable bonds is 26. The fourth-order valence-corrected chi connectivity index (χ4v) is 9.18. The van der Waals surface area contributed by atoms with Crippen molar-refractivity contribution in [1.29, 1.82) is 0 Å². The summed E-state index contributed by atoms with van der Waals surface area (Å²) in [6.45, 7) is 34.8. The molecule has 2 aliphatic heterocycles. The molecular weight excluding hydrogens is 1190 g/mol. The number of hydrogen-bond acceptors (Lipinski definition) is 14. The van der Waals surface area contributed by atoms with Gasteiger partial charge in [0.05, 0.1) is 16.7 Å². The van der Waals surface area contributed by atoms with E-state index in [2.05, 4.69) is 58.0 Å². The third-order valence-electron chi connectivity index (χ3n) is 14.0. The predicted octanol–water partition coefficient (Wildman–Crippen LogP) is 19.4. The number of ketones is 1. The minimum Gasteiger partial charge on any atom is -0.482 e. The SMILES string of the molecule is CC.CC.CC.CC(=O)O.CCCCC(=C=O)Oc1ccc(C)cc1C=O.CCCCC(Oc1ccc(C)cc1C=O)C(=O)O.CCCCC(Oc1ccc(C)cc1C=O)C(C)=O.CCCCC12Oc3ccc(C)cc3C1OC2=O.CCCCc1cc2cc(C)ccc2o1. The van der Waals surface area contributed by atoms with Crippen molar-refractivity contribution in [2.24, 2.45) is 0 Å². The molecule has 94 heavy (non-hydrogen) atoms. The molecule has 16 nitrogen and oxygen atoms in total. The molecule has 8 rings (SSSR count). The normalized spacial score (nSPS) is 13.6. The first-order valence-electron chi connectivity index (χ1n) is 33.4. The quantitative estimate of drug-likeness (QED) is 0.0222. The fraction of sp³-hybridized carbons (Fsp3) is 0.474. The number of aryl methyl sites for hydroxylation is 6. The minimum atomic E-state index is -0.999. The van der Waals surface area contributed by atoms with Gasteiger partial charge in [-0.25, -0.2) is 14.4 Å². The van der Waals surface area contributed by atoms with Crippen LogP contribution in [-0.2, 0) is 35.1 Å². The number of esters is 1. The lowest BCUT2D eigenvalue weighted by Crippen LogP contribution is -2.57. The Balaban J connectivity index is 0.00000111. The number of Topliss-reactive ketones (excluding diaryl/α,β-unsaturated/α-hetero) is 1. The van der Waals surface area contributed by atoms with Gasteiger partial charge in [0.2, 0.25) is 5.60 Å². The average molecular weight is 1300 g/mol. The van der Waals surface area contributed by atoms with Crippen LogP contribution in [0.2, 0.25) is 0 Å². The molecule has 1 aromatic heterocycles. The molecule has 0 spiro atoms. The number of ether oxygens (including phenoxy) is 5. The van der Waals surface area contributed by atoms with E-state index in [0.717, 1.165) is 123 Å². The van der Waals surface area contributed by atoms with E-state index in [0.29, 0.717) is 59.5 Å². The fourth-order valence-electron chi connectivity index (χ4n) is 9.18. The zero-order valence-electron chi connectivity index (χ0n) is 59.4. The van der Waals surface area contributed by atoms with Crippen LogP contribution >= 0.6 is 0 Å². The summed E-state index contributed by atoms with van der Waals surface area (Å²) in [5.74, 6) is 3.16. The summed E-state index contributed by atoms with van der Waals surface area (Å²) in [7, 11) is 0. The van der Waals surface area contributed by atoms with Gasteiger partial charge < -0.3 is 38.3 Å². The largest absolute Gasteiger partial charge is 0.482 e. The van der Waals surface area contributed by atoms with Crippen LogP contribution in [0.15, 0.2) is 107 Å². The van der Waals surface area contributed by atoms with Crippen molar-refractivity contribution in [3.8, 4) is 23.0 Å². The number of unbranched alkanes of at least 4 members (excludes halogenated alkanes) is 5. The number of aliphatic carboxylic acids is 2. The smallest absolute Gasteiger partial charge is 0.355 e. The summed E-state index contributed by atoms with van der Waals surface area (Å²) in [5, 5.41) is 17.7. The highest BCUT2D eigenvalue weighted by Gasteiger charge is 2.65. The van der Waals surface area contributed by atoms with Crippen LogP contribution in [-0.4, -0.2) is 76.5 Å². The maximum atomic E-state index is 11.7. The average Bonchev–Trinajstić information content (AvgIpc) is 1.55. The molecule has 4 unspecified atom stereocenters. The Morgan fingerprint density at radius 1 is 0.574 bits per heavy atom. The summed E-state index contributed by atoms with van der Waals surface area (Å²) in [6.07, 6.45) is 14.1. The van der Waals surface area contributed by atoms with Crippen molar-refractivity contribution in [3.05, 3.63) is 159 Å². The maximum absolute atomic E-state index is 11.7. The van der Waals surface area contributed by atoms with Crippen molar-refractivity contribution >= 4 is 59.5 Å². The van der Waals surface area contributed by atoms with Gasteiger partial charge in [-0.1, -0.05) is 166 Å². The van der Waals surface area contributed by atoms with Crippen LogP contribution < -0.4 is 18.9 Å². The molecular formula is C78H108O16. The summed E-state index contributed by atoms with van der Waals surface area (Å²) in [6, 6.07) is 30.2. The zero-order valence-corrected chi connectivity index (χ0v) is 59.4. The number of carbonyl (C=O) groups excluding carboxylic acids is 6. The van der Waals surface area contributed by atoms with Crippen LogP contribution in [0.3, 0.4) is 0 Å². The van der Waals surface area contributed by atoms with E-state index < -0.39 is 29.7 Å². The molecule has 516 valence electrons. The second-order valence-corrected chi connectivity index (χ2v) is 22.0. The van der Waals surface area contributed by atoms with Crippen molar-refractivity contribution in [1.82, 2.24) is 0 Å². The first-order chi connectivity index (χ1) is 45.1. The van der Waals surface area contributed by atoms with Crippen LogP contribution in [0, 0.1) is 34.6 Å². The van der Waals surface area contributed by atoms with Crippen LogP contribution in [0.25, 0.3) is 11.0 Å². The van der Waals surface area contributed by atoms with Crippen LogP contribution in [0.1, 0.15) is 256 Å². The van der Waals surface area contributed by atoms with Gasteiger partial charge in [0.1, 0.15) is 34.3 Å². The second kappa shape index (κ2) is 48.1. The molecule has 4 atom stereocenters. The lowest BCUT2D eigenvalue weighted by atomic mass is 9.84. The molecule has 16 heteroatoms. The second-order valence-electron chi connectivity index (χ2n) is 22.0. The monoisotopic (exact) mass is 1300 g/mol. The molecule has 0 amide bonds. The molecule has 0 aliphatic carbocycles. The number of fused-ring (bicyclic) bond motifs is 4. The van der Waals surface area contributed by atoms with Gasteiger partial charge in [-0.15, -0.1) is 0 Å². The molecule has 1 saturated heterocycles. The Morgan fingerprint density at radius 3 is 1.47 bits per heavy atom. The van der Waals surface area contributed by atoms with E-state index in [9.17, 15) is 33.6 Å². The first kappa shape index (κ1) is 85.4. The highest BCUT2D eigenvalue weighted by atomic mass is 16.7. The number of benzene rings is 5. The van der Waals surface area contributed by atoms with E-state index in [1.165, 1.54) is 36.3 Å². The topological polar surface area (TPSA) is 236 Å². The Morgan fingerprint density at radius 2 is 1.01 bits per heavy atom. The Kier molecular flexibility index (Phi) is 43.7. The van der Waals surface area contributed by atoms with Gasteiger partial charge in [-0.05, 0) is 153 Å². The number of furan rings is 1. The van der Waals surface area contributed by atoms with E-state index >= 15 is 0 Å². The van der Waals surface area contributed by atoms with E-state index in [1.807, 2.05) is 107 Å². The Labute approximate surface area is 560 Å². The van der Waals surface area contributed by atoms with Gasteiger partial charge in [0.15, 0.2) is 54.7 Å². The first-order valence-corrected chi connectivity index (χ1v) is 33.4. The van der Waals surface area contributed by atoms with Crippen LogP contribution in [0.5, 0.6) is 23.0 Å². The number of carboxylic acids is 2. The number of aldehydes is 3. The van der Waals surface area contributed by atoms with Crippen molar-refractivity contribution in [2.75, 3.05) is 0 Å². The van der Waals surface area contributed by atoms with Crippen molar-refractivity contribution < 1.29 is 76.7 Å². The van der Waals surface area contributed by atoms with Crippen LogP contribution in [0.4, 0.5) is 0 Å². The summed E-state index contributed by atoms with van der Waals surface area (Å²) >= 11 is 0. The molecule has 5 aromatic carbocycles. The zero-order chi connectivity index (χ0) is 71.3. The van der Waals surface area contributed by atoms with Crippen molar-refractivity contribution in [3.63, 3.8) is 0 Å². The van der Waals surface area contributed by atoms with Gasteiger partial charge in [-0.2, -0.15) is 0 Å². The Bertz CT molecular complexity index is 3210. The lowest BCUT2D eigenvalue weighted by molar-refractivity contribution is -0.217. The number of carbonyl (C=O) groups is 7. The number of carboxylic acid groups (broad SMARTS) is 2. The highest BCUT2D eigenvalue weighted by molar-refractivity contribution is 5.89. The summed E-state index contributed by atoms with van der Waals surface area (Å²) in [5.41, 5.74) is 8.03. The van der Waals surface area contributed by atoms with E-state index in [1.54, 1.807) is 48.4 Å². The third kappa shape index (κ3) is 29.6. The van der Waals surface area contributed by atoms with E-state index in [-0.39, 0.29) is 23.6 Å². The number of hydrogen-bond donors (Lipinski definition) is 2. The molecule has 2 aliphatic rings. The van der Waals surface area contributed by atoms with Gasteiger partial charge >= 0.3 is 11.9 Å². The van der Waals surface area contributed by atoms with Crippen molar-refractivity contribution in [2.45, 2.75) is 245 Å². The molecule has 1 fully saturated rings. The standard InChI is InChI=1S/C15H20O3.C14H18O4.2C14H16O3.C13H16O.C2H4O2.3C2H6/c1-4-5-6-14(12(3)17)18-15-8-7-11(2)9-13(15)10-16;1-3-4-5-13(14(16)17)18-12-7-6-10(2)8-11(12)9-15;1-3-4-7-14-12(16-13(14)15)10-8-9(2)5-6-11(10)17-14;1-3-4-5-13(10-16)17-14-7-6-11(2)8-12(14)9-15;1-3-4-5-12-9-11-8-10(2)6-7-13(11)14-12;1-2(3)4;3*1-2/h7-10,14H,4-6H2,1-3H3;6-9,13H,3-5H2,1-2H3,(H,16,17);5-6,8,12H,3-4,7H2,1-2H3;6-9H,3-5H2,1-2H3;6-9H,3-5H2,1-2H3;1H3,(H,3,4);3*1-2H3. The van der Waals surface area contributed by atoms with E-state index in [4.69, 9.17) is 43.1 Å². The molecule has 0 bridgehead atoms. The van der Waals surface area contributed by atoms with Gasteiger partial charge in [0.25, 0.3) is 5.97 Å². The Hall–Kier alpha value is -8.62. The summed E-state index contributed by atoms with van der Waals surface area (Å²) < 4.78 is 33.4. The van der Waals surface area contributed by atoms with Gasteiger partial charge in [0, 0.05) is 37.1 Å². The molecule has 0 radical (unpaired) electrons. The highest BCUT2D eigenvalue weighted by Crippen LogP contribution is 2.55. The summed E-state index contributed by atoms with van der Waals surface area (Å²) in [4.78, 5) is 86.8. The third-order valence-corrected chi connectivity index (χ3v) is 14.0.